The molecule has 0 unspecified atom stereocenters. The van der Waals surface area contributed by atoms with Crippen LogP contribution in [0.3, 0.4) is 0 Å². The van der Waals surface area contributed by atoms with Crippen LogP contribution in [0.1, 0.15) is 58.3 Å². The smallest absolute Gasteiger partial charge is 0.341 e. The van der Waals surface area contributed by atoms with Gasteiger partial charge in [0.2, 0.25) is 0 Å². The highest BCUT2D eigenvalue weighted by atomic mass is 32.1. The molecule has 2 heterocycles. The van der Waals surface area contributed by atoms with Gasteiger partial charge in [0.05, 0.1) is 17.2 Å². The Morgan fingerprint density at radius 3 is 2.66 bits per heavy atom. The first-order valence-electron chi connectivity index (χ1n) is 9.57. The van der Waals surface area contributed by atoms with Crippen molar-refractivity contribution in [3.05, 3.63) is 46.1 Å². The van der Waals surface area contributed by atoms with Crippen molar-refractivity contribution in [3.63, 3.8) is 0 Å². The number of carbonyl (C=O) groups is 3. The van der Waals surface area contributed by atoms with E-state index >= 15 is 0 Å². The summed E-state index contributed by atoms with van der Waals surface area (Å²) in [5, 5.41) is 3.19. The monoisotopic (exact) mass is 416 g/mol. The zero-order chi connectivity index (χ0) is 21.0. The van der Waals surface area contributed by atoms with Gasteiger partial charge in [0, 0.05) is 17.3 Å². The predicted octanol–water partition coefficient (Wildman–Crippen LogP) is 3.63. The Morgan fingerprint density at radius 2 is 1.97 bits per heavy atom. The number of hydrogen-bond acceptors (Lipinski definition) is 7. The third-order valence-corrected chi connectivity index (χ3v) is 5.73. The van der Waals surface area contributed by atoms with E-state index in [0.29, 0.717) is 22.0 Å². The lowest BCUT2D eigenvalue weighted by atomic mass is 9.88. The topological polar surface area (TPSA) is 94.6 Å². The van der Waals surface area contributed by atoms with Gasteiger partial charge in [-0.2, -0.15) is 0 Å². The quantitative estimate of drug-likeness (QED) is 0.723. The molecule has 29 heavy (non-hydrogen) atoms. The number of esters is 2. The maximum atomic E-state index is 12.7. The van der Waals surface area contributed by atoms with Crippen LogP contribution in [0.15, 0.2) is 24.5 Å². The Balaban J connectivity index is 1.73. The van der Waals surface area contributed by atoms with Crippen molar-refractivity contribution < 1.29 is 23.9 Å². The van der Waals surface area contributed by atoms with Gasteiger partial charge in [0.25, 0.3) is 5.91 Å². The van der Waals surface area contributed by atoms with Gasteiger partial charge in [-0.25, -0.2) is 9.59 Å². The number of ether oxygens (including phenoxy) is 2. The highest BCUT2D eigenvalue weighted by Gasteiger charge is 2.29. The SMILES string of the molecule is CC(C)OC(=O)c1c(NC(=O)COC(=O)c2ccncc2)sc2c1CC[C@@H](C)C2. The molecule has 2 aromatic heterocycles. The van der Waals surface area contributed by atoms with Crippen molar-refractivity contribution in [1.82, 2.24) is 4.98 Å². The third kappa shape index (κ3) is 5.20. The van der Waals surface area contributed by atoms with E-state index < -0.39 is 24.5 Å². The number of rotatable bonds is 6. The first kappa shape index (κ1) is 21.0. The van der Waals surface area contributed by atoms with E-state index in [1.807, 2.05) is 0 Å². The maximum Gasteiger partial charge on any atom is 0.341 e. The summed E-state index contributed by atoms with van der Waals surface area (Å²) < 4.78 is 10.4. The summed E-state index contributed by atoms with van der Waals surface area (Å²) in [7, 11) is 0. The molecule has 7 nitrogen and oxygen atoms in total. The molecule has 3 rings (SSSR count). The molecule has 1 N–H and O–H groups in total. The molecule has 0 aliphatic heterocycles. The number of nitrogens with one attached hydrogen (secondary N) is 1. The van der Waals surface area contributed by atoms with Crippen molar-refractivity contribution in [3.8, 4) is 0 Å². The highest BCUT2D eigenvalue weighted by molar-refractivity contribution is 7.17. The second-order valence-electron chi connectivity index (χ2n) is 7.37. The lowest BCUT2D eigenvalue weighted by Crippen LogP contribution is -2.22. The normalized spacial score (nSPS) is 15.5. The van der Waals surface area contributed by atoms with Gasteiger partial charge in [-0.05, 0) is 56.7 Å². The Kier molecular flexibility index (Phi) is 6.64. The standard InChI is InChI=1S/C21H24N2O5S/c1-12(2)28-21(26)18-15-5-4-13(3)10-16(15)29-19(18)23-17(24)11-27-20(25)14-6-8-22-9-7-14/h6-9,12-13H,4-5,10-11H2,1-3H3,(H,23,24)/t13-/m1/s1. The second kappa shape index (κ2) is 9.17. The number of nitrogens with zero attached hydrogens (tertiary/aromatic N) is 1. The van der Waals surface area contributed by atoms with Crippen LogP contribution >= 0.6 is 11.3 Å². The van der Waals surface area contributed by atoms with E-state index in [4.69, 9.17) is 9.47 Å². The molecule has 1 atom stereocenters. The Bertz CT molecular complexity index is 907. The zero-order valence-electron chi connectivity index (χ0n) is 16.7. The molecule has 0 bridgehead atoms. The van der Waals surface area contributed by atoms with Crippen LogP contribution in [-0.4, -0.2) is 35.5 Å². The summed E-state index contributed by atoms with van der Waals surface area (Å²) in [6, 6.07) is 3.02. The van der Waals surface area contributed by atoms with Crippen LogP contribution in [0, 0.1) is 5.92 Å². The molecule has 0 fully saturated rings. The fourth-order valence-corrected chi connectivity index (χ4v) is 4.61. The summed E-state index contributed by atoms with van der Waals surface area (Å²) >= 11 is 1.40. The van der Waals surface area contributed by atoms with Crippen molar-refractivity contribution in [2.24, 2.45) is 5.92 Å². The van der Waals surface area contributed by atoms with Gasteiger partial charge in [0.15, 0.2) is 6.61 Å². The van der Waals surface area contributed by atoms with E-state index in [0.717, 1.165) is 29.7 Å². The van der Waals surface area contributed by atoms with Crippen LogP contribution in [0.5, 0.6) is 0 Å². The number of aromatic nitrogens is 1. The highest BCUT2D eigenvalue weighted by Crippen LogP contribution is 2.40. The fraction of sp³-hybridized carbons (Fsp3) is 0.429. The van der Waals surface area contributed by atoms with E-state index in [-0.39, 0.29) is 6.10 Å². The number of anilines is 1. The number of amides is 1. The van der Waals surface area contributed by atoms with Crippen LogP contribution in [0.2, 0.25) is 0 Å². The molecular formula is C21H24N2O5S. The van der Waals surface area contributed by atoms with Crippen molar-refractivity contribution in [2.75, 3.05) is 11.9 Å². The average molecular weight is 416 g/mol. The first-order chi connectivity index (χ1) is 13.8. The Hall–Kier alpha value is -2.74. The lowest BCUT2D eigenvalue weighted by molar-refractivity contribution is -0.119. The van der Waals surface area contributed by atoms with Crippen LogP contribution in [0.4, 0.5) is 5.00 Å². The molecule has 1 amide bonds. The fourth-order valence-electron chi connectivity index (χ4n) is 3.19. The van der Waals surface area contributed by atoms with Gasteiger partial charge in [-0.15, -0.1) is 11.3 Å². The molecule has 0 spiro atoms. The van der Waals surface area contributed by atoms with Crippen molar-refractivity contribution in [2.45, 2.75) is 46.1 Å². The van der Waals surface area contributed by atoms with Crippen molar-refractivity contribution >= 4 is 34.2 Å². The van der Waals surface area contributed by atoms with E-state index in [1.54, 1.807) is 13.8 Å². The Labute approximate surface area is 173 Å². The van der Waals surface area contributed by atoms with Crippen LogP contribution in [-0.2, 0) is 27.1 Å². The second-order valence-corrected chi connectivity index (χ2v) is 8.48. The molecule has 8 heteroatoms. The van der Waals surface area contributed by atoms with E-state index in [9.17, 15) is 14.4 Å². The lowest BCUT2D eigenvalue weighted by Gasteiger charge is -2.18. The maximum absolute atomic E-state index is 12.7. The molecule has 1 aliphatic rings. The minimum absolute atomic E-state index is 0.259. The molecule has 2 aromatic rings. The van der Waals surface area contributed by atoms with Crippen LogP contribution in [0.25, 0.3) is 0 Å². The minimum Gasteiger partial charge on any atom is -0.459 e. The number of thiophene rings is 1. The minimum atomic E-state index is -0.610. The molecule has 0 saturated heterocycles. The third-order valence-electron chi connectivity index (χ3n) is 4.56. The summed E-state index contributed by atoms with van der Waals surface area (Å²) in [5.41, 5.74) is 1.71. The summed E-state index contributed by atoms with van der Waals surface area (Å²) in [6.07, 6.45) is 5.33. The Morgan fingerprint density at radius 1 is 1.24 bits per heavy atom. The molecular weight excluding hydrogens is 392 g/mol. The summed E-state index contributed by atoms with van der Waals surface area (Å²) in [4.78, 5) is 42.0. The predicted molar refractivity (Wildman–Crippen MR) is 109 cm³/mol. The van der Waals surface area contributed by atoms with Gasteiger partial charge in [-0.3, -0.25) is 9.78 Å². The van der Waals surface area contributed by atoms with E-state index in [1.165, 1.54) is 35.9 Å². The van der Waals surface area contributed by atoms with E-state index in [2.05, 4.69) is 17.2 Å². The first-order valence-corrected chi connectivity index (χ1v) is 10.4. The van der Waals surface area contributed by atoms with Gasteiger partial charge >= 0.3 is 11.9 Å². The average Bonchev–Trinajstić information content (AvgIpc) is 3.03. The van der Waals surface area contributed by atoms with Gasteiger partial charge in [-0.1, -0.05) is 6.92 Å². The van der Waals surface area contributed by atoms with Gasteiger partial charge in [0.1, 0.15) is 5.00 Å². The summed E-state index contributed by atoms with van der Waals surface area (Å²) in [5.74, 6) is -1.02. The number of pyridine rings is 1. The molecule has 0 saturated carbocycles. The number of carbonyl (C=O) groups excluding carboxylic acids is 3. The molecule has 154 valence electrons. The summed E-state index contributed by atoms with van der Waals surface area (Å²) in [6.45, 7) is 5.30. The van der Waals surface area contributed by atoms with Gasteiger partial charge < -0.3 is 14.8 Å². The zero-order valence-corrected chi connectivity index (χ0v) is 17.5. The number of hydrogen-bond donors (Lipinski definition) is 1. The molecule has 0 aromatic carbocycles. The van der Waals surface area contributed by atoms with Crippen LogP contribution < -0.4 is 5.32 Å². The molecule has 1 aliphatic carbocycles. The largest absolute Gasteiger partial charge is 0.459 e. The van der Waals surface area contributed by atoms with Crippen molar-refractivity contribution in [1.29, 1.82) is 0 Å². The number of fused-ring (bicyclic) bond motifs is 1. The molecule has 0 radical (unpaired) electrons.